The van der Waals surface area contributed by atoms with Crippen molar-refractivity contribution in [1.82, 2.24) is 9.78 Å². The summed E-state index contributed by atoms with van der Waals surface area (Å²) < 4.78 is 1.88. The van der Waals surface area contributed by atoms with Gasteiger partial charge in [0.15, 0.2) is 5.82 Å². The smallest absolute Gasteiger partial charge is 0.150 e. The molecule has 2 heterocycles. The number of halogens is 2. The second-order valence-electron chi connectivity index (χ2n) is 5.52. The monoisotopic (exact) mass is 358 g/mol. The molecule has 0 atom stereocenters. The van der Waals surface area contributed by atoms with Crippen molar-refractivity contribution in [2.75, 3.05) is 47.4 Å². The normalized spacial score (nSPS) is 14.2. The van der Waals surface area contributed by atoms with Gasteiger partial charge in [0, 0.05) is 44.6 Å². The Morgan fingerprint density at radius 3 is 2.13 bits per heavy atom. The topological polar surface area (TPSA) is 76.3 Å². The van der Waals surface area contributed by atoms with Crippen molar-refractivity contribution in [2.45, 2.75) is 6.92 Å². The Bertz CT molecular complexity index is 649. The molecular formula is C15H24Cl2N6. The van der Waals surface area contributed by atoms with Crippen molar-refractivity contribution in [1.29, 1.82) is 0 Å². The second kappa shape index (κ2) is 7.66. The number of nitrogens with zero attached hydrogens (tertiary/aromatic N) is 4. The highest BCUT2D eigenvalue weighted by Gasteiger charge is 2.22. The Morgan fingerprint density at radius 1 is 1.00 bits per heavy atom. The Kier molecular flexibility index (Phi) is 6.41. The van der Waals surface area contributed by atoms with Gasteiger partial charge in [-0.25, -0.2) is 0 Å². The maximum atomic E-state index is 6.14. The SMILES string of the molecule is Cc1nn(C)c(N2CCN(c3cccc(N)c3)CC2)c1N.Cl.Cl. The van der Waals surface area contributed by atoms with Crippen LogP contribution >= 0.6 is 24.8 Å². The third-order valence-electron chi connectivity index (χ3n) is 4.05. The lowest BCUT2D eigenvalue weighted by atomic mass is 10.2. The fraction of sp³-hybridized carbons (Fsp3) is 0.400. The molecule has 23 heavy (non-hydrogen) atoms. The predicted molar refractivity (Wildman–Crippen MR) is 102 cm³/mol. The molecule has 1 aliphatic rings. The number of rotatable bonds is 2. The van der Waals surface area contributed by atoms with Crippen LogP contribution < -0.4 is 21.3 Å². The first-order valence-electron chi connectivity index (χ1n) is 7.21. The summed E-state index contributed by atoms with van der Waals surface area (Å²) in [6, 6.07) is 8.05. The number of anilines is 4. The standard InChI is InChI=1S/C15H22N6.2ClH/c1-11-14(17)15(19(2)18-11)21-8-6-20(7-9-21)13-5-3-4-12(16)10-13;;/h3-5,10H,6-9,16-17H2,1-2H3;2*1H. The van der Waals surface area contributed by atoms with E-state index < -0.39 is 0 Å². The summed E-state index contributed by atoms with van der Waals surface area (Å²) in [7, 11) is 1.95. The van der Waals surface area contributed by atoms with E-state index in [-0.39, 0.29) is 24.8 Å². The van der Waals surface area contributed by atoms with Gasteiger partial charge in [-0.2, -0.15) is 5.10 Å². The average Bonchev–Trinajstić information content (AvgIpc) is 2.72. The summed E-state index contributed by atoms with van der Waals surface area (Å²) in [5, 5.41) is 4.39. The molecule has 0 spiro atoms. The zero-order valence-electron chi connectivity index (χ0n) is 13.4. The number of hydrogen-bond acceptors (Lipinski definition) is 5. The summed E-state index contributed by atoms with van der Waals surface area (Å²) in [6.07, 6.45) is 0. The second-order valence-corrected chi connectivity index (χ2v) is 5.52. The van der Waals surface area contributed by atoms with Crippen LogP contribution in [0.15, 0.2) is 24.3 Å². The Hall–Kier alpha value is -1.79. The third-order valence-corrected chi connectivity index (χ3v) is 4.05. The van der Waals surface area contributed by atoms with Crippen LogP contribution in [-0.2, 0) is 7.05 Å². The van der Waals surface area contributed by atoms with Crippen LogP contribution in [-0.4, -0.2) is 36.0 Å². The summed E-state index contributed by atoms with van der Waals surface area (Å²) in [4.78, 5) is 4.66. The van der Waals surface area contributed by atoms with Gasteiger partial charge in [-0.05, 0) is 25.1 Å². The summed E-state index contributed by atoms with van der Waals surface area (Å²) in [5.41, 5.74) is 15.7. The third kappa shape index (κ3) is 3.76. The Labute approximate surface area is 149 Å². The molecule has 1 fully saturated rings. The highest BCUT2D eigenvalue weighted by atomic mass is 35.5. The highest BCUT2D eigenvalue weighted by Crippen LogP contribution is 2.27. The van der Waals surface area contributed by atoms with Gasteiger partial charge in [-0.1, -0.05) is 6.07 Å². The van der Waals surface area contributed by atoms with Gasteiger partial charge < -0.3 is 21.3 Å². The fourth-order valence-corrected chi connectivity index (χ4v) is 2.94. The molecule has 0 bridgehead atoms. The Morgan fingerprint density at radius 2 is 1.61 bits per heavy atom. The molecular weight excluding hydrogens is 335 g/mol. The maximum Gasteiger partial charge on any atom is 0.150 e. The molecule has 0 unspecified atom stereocenters. The lowest BCUT2D eigenvalue weighted by Crippen LogP contribution is -2.47. The minimum atomic E-state index is 0. The number of nitrogens with two attached hydrogens (primary N) is 2. The number of aromatic nitrogens is 2. The van der Waals surface area contributed by atoms with E-state index in [4.69, 9.17) is 11.5 Å². The van der Waals surface area contributed by atoms with E-state index in [1.54, 1.807) is 0 Å². The number of piperazine rings is 1. The molecule has 2 aromatic rings. The van der Waals surface area contributed by atoms with Crippen LogP contribution in [0.2, 0.25) is 0 Å². The summed E-state index contributed by atoms with van der Waals surface area (Å²) in [6.45, 7) is 5.71. The van der Waals surface area contributed by atoms with E-state index in [0.29, 0.717) is 0 Å². The zero-order valence-corrected chi connectivity index (χ0v) is 15.0. The molecule has 1 aliphatic heterocycles. The lowest BCUT2D eigenvalue weighted by Gasteiger charge is -2.37. The molecule has 3 rings (SSSR count). The van der Waals surface area contributed by atoms with Crippen LogP contribution in [0.1, 0.15) is 5.69 Å². The first-order valence-corrected chi connectivity index (χ1v) is 7.21. The highest BCUT2D eigenvalue weighted by molar-refractivity contribution is 5.85. The molecule has 1 aromatic heterocycles. The molecule has 6 nitrogen and oxygen atoms in total. The van der Waals surface area contributed by atoms with Crippen molar-refractivity contribution in [3.05, 3.63) is 30.0 Å². The van der Waals surface area contributed by atoms with Gasteiger partial charge in [0.05, 0.1) is 11.4 Å². The van der Waals surface area contributed by atoms with Crippen LogP contribution in [0.25, 0.3) is 0 Å². The van der Waals surface area contributed by atoms with Crippen LogP contribution in [0.3, 0.4) is 0 Å². The van der Waals surface area contributed by atoms with Crippen molar-refractivity contribution in [2.24, 2.45) is 7.05 Å². The number of hydrogen-bond donors (Lipinski definition) is 2. The largest absolute Gasteiger partial charge is 0.399 e. The minimum Gasteiger partial charge on any atom is -0.399 e. The molecule has 1 saturated heterocycles. The average molecular weight is 359 g/mol. The zero-order chi connectivity index (χ0) is 15.0. The number of benzene rings is 1. The van der Waals surface area contributed by atoms with E-state index >= 15 is 0 Å². The summed E-state index contributed by atoms with van der Waals surface area (Å²) in [5.74, 6) is 1.03. The molecule has 1 aromatic carbocycles. The van der Waals surface area contributed by atoms with Crippen LogP contribution in [0.5, 0.6) is 0 Å². The number of nitrogen functional groups attached to an aromatic ring is 2. The first-order chi connectivity index (χ1) is 10.1. The van der Waals surface area contributed by atoms with Gasteiger partial charge in [-0.3, -0.25) is 4.68 Å². The van der Waals surface area contributed by atoms with Gasteiger partial charge in [0.1, 0.15) is 0 Å². The van der Waals surface area contributed by atoms with Gasteiger partial charge >= 0.3 is 0 Å². The van der Waals surface area contributed by atoms with Crippen LogP contribution in [0.4, 0.5) is 22.9 Å². The quantitative estimate of drug-likeness (QED) is 0.803. The molecule has 8 heteroatoms. The van der Waals surface area contributed by atoms with Gasteiger partial charge in [0.25, 0.3) is 0 Å². The molecule has 128 valence electrons. The van der Waals surface area contributed by atoms with Gasteiger partial charge in [-0.15, -0.1) is 24.8 Å². The minimum absolute atomic E-state index is 0. The Balaban J connectivity index is 0.00000132. The molecule has 0 radical (unpaired) electrons. The first kappa shape index (κ1) is 19.3. The van der Waals surface area contributed by atoms with Crippen molar-refractivity contribution < 1.29 is 0 Å². The maximum absolute atomic E-state index is 6.14. The van der Waals surface area contributed by atoms with Crippen molar-refractivity contribution in [3.63, 3.8) is 0 Å². The predicted octanol–water partition coefficient (Wildman–Crippen LogP) is 2.06. The van der Waals surface area contributed by atoms with Crippen LogP contribution in [0, 0.1) is 6.92 Å². The molecule has 4 N–H and O–H groups in total. The van der Waals surface area contributed by atoms with E-state index in [0.717, 1.165) is 49.1 Å². The van der Waals surface area contributed by atoms with Crippen molar-refractivity contribution >= 4 is 47.7 Å². The van der Waals surface area contributed by atoms with Crippen molar-refractivity contribution in [3.8, 4) is 0 Å². The van der Waals surface area contributed by atoms with E-state index in [2.05, 4.69) is 21.0 Å². The van der Waals surface area contributed by atoms with E-state index in [9.17, 15) is 0 Å². The number of aryl methyl sites for hydroxylation is 2. The molecule has 0 amide bonds. The van der Waals surface area contributed by atoms with E-state index in [1.807, 2.05) is 36.9 Å². The molecule has 0 aliphatic carbocycles. The van der Waals surface area contributed by atoms with E-state index in [1.165, 1.54) is 5.69 Å². The van der Waals surface area contributed by atoms with Gasteiger partial charge in [0.2, 0.25) is 0 Å². The fourth-order valence-electron chi connectivity index (χ4n) is 2.94. The summed E-state index contributed by atoms with van der Waals surface area (Å²) >= 11 is 0. The molecule has 0 saturated carbocycles. The lowest BCUT2D eigenvalue weighted by molar-refractivity contribution is 0.624.